The van der Waals surface area contributed by atoms with Crippen LogP contribution in [0.5, 0.6) is 0 Å². The summed E-state index contributed by atoms with van der Waals surface area (Å²) in [4.78, 5) is 14.3. The van der Waals surface area contributed by atoms with E-state index in [1.54, 1.807) is 12.1 Å². The van der Waals surface area contributed by atoms with E-state index < -0.39 is 0 Å². The van der Waals surface area contributed by atoms with Crippen LogP contribution in [-0.2, 0) is 16.0 Å². The van der Waals surface area contributed by atoms with Crippen molar-refractivity contribution in [1.82, 2.24) is 5.43 Å². The van der Waals surface area contributed by atoms with E-state index in [0.29, 0.717) is 5.02 Å². The van der Waals surface area contributed by atoms with Crippen molar-refractivity contribution in [3.05, 3.63) is 64.7 Å². The predicted molar refractivity (Wildman–Crippen MR) is 105 cm³/mol. The van der Waals surface area contributed by atoms with Crippen LogP contribution in [0.3, 0.4) is 0 Å². The molecule has 1 amide bonds. The Morgan fingerprint density at radius 1 is 1.12 bits per heavy atom. The minimum atomic E-state index is -0.156. The molecule has 0 radical (unpaired) electrons. The number of nitrogens with zero attached hydrogens (tertiary/aromatic N) is 2. The molecule has 1 N–H and O–H groups in total. The highest BCUT2D eigenvalue weighted by Crippen LogP contribution is 2.17. The van der Waals surface area contributed by atoms with E-state index >= 15 is 0 Å². The number of amides is 1. The van der Waals surface area contributed by atoms with E-state index in [4.69, 9.17) is 16.3 Å². The van der Waals surface area contributed by atoms with Crippen molar-refractivity contribution in [3.63, 3.8) is 0 Å². The topological polar surface area (TPSA) is 53.9 Å². The maximum absolute atomic E-state index is 12.0. The van der Waals surface area contributed by atoms with E-state index in [2.05, 4.69) is 27.6 Å². The minimum Gasteiger partial charge on any atom is -0.378 e. The Balaban J connectivity index is 1.56. The molecule has 0 saturated carbocycles. The zero-order valence-corrected chi connectivity index (χ0v) is 15.5. The monoisotopic (exact) mass is 371 g/mol. The molecule has 1 saturated heterocycles. The number of hydrogen-bond acceptors (Lipinski definition) is 4. The highest BCUT2D eigenvalue weighted by Gasteiger charge is 2.11. The van der Waals surface area contributed by atoms with Gasteiger partial charge in [0.15, 0.2) is 0 Å². The summed E-state index contributed by atoms with van der Waals surface area (Å²) in [5.41, 5.74) is 6.43. The molecular formula is C20H22ClN3O2. The summed E-state index contributed by atoms with van der Waals surface area (Å²) in [5.74, 6) is -0.156. The molecule has 1 heterocycles. The number of morpholine rings is 1. The fourth-order valence-electron chi connectivity index (χ4n) is 2.77. The molecule has 0 atom stereocenters. The lowest BCUT2D eigenvalue weighted by Crippen LogP contribution is -2.36. The molecule has 2 aromatic rings. The minimum absolute atomic E-state index is 0.156. The molecule has 1 fully saturated rings. The number of benzene rings is 2. The number of nitrogens with one attached hydrogen (secondary N) is 1. The summed E-state index contributed by atoms with van der Waals surface area (Å²) >= 11 is 5.85. The van der Waals surface area contributed by atoms with Crippen molar-refractivity contribution in [2.24, 2.45) is 5.10 Å². The van der Waals surface area contributed by atoms with Gasteiger partial charge in [-0.05, 0) is 42.3 Å². The highest BCUT2D eigenvalue weighted by atomic mass is 35.5. The number of rotatable bonds is 5. The van der Waals surface area contributed by atoms with Gasteiger partial charge in [-0.15, -0.1) is 0 Å². The molecular weight excluding hydrogens is 350 g/mol. The lowest BCUT2D eigenvalue weighted by molar-refractivity contribution is -0.120. The van der Waals surface area contributed by atoms with Crippen LogP contribution in [-0.4, -0.2) is 37.9 Å². The predicted octanol–water partition coefficient (Wildman–Crippen LogP) is 3.26. The number of ether oxygens (including phenoxy) is 1. The average molecular weight is 372 g/mol. The fourth-order valence-corrected chi connectivity index (χ4v) is 2.90. The van der Waals surface area contributed by atoms with Gasteiger partial charge in [0.25, 0.3) is 0 Å². The van der Waals surface area contributed by atoms with E-state index in [9.17, 15) is 4.79 Å². The van der Waals surface area contributed by atoms with Crippen LogP contribution in [0.4, 0.5) is 5.69 Å². The van der Waals surface area contributed by atoms with Gasteiger partial charge >= 0.3 is 0 Å². The number of anilines is 1. The molecule has 0 unspecified atom stereocenters. The van der Waals surface area contributed by atoms with E-state index in [1.165, 1.54) is 5.69 Å². The second-order valence-corrected chi connectivity index (χ2v) is 6.62. The number of carbonyl (C=O) groups excluding carboxylic acids is 1. The van der Waals surface area contributed by atoms with Gasteiger partial charge in [-0.1, -0.05) is 35.9 Å². The Labute approximate surface area is 158 Å². The Morgan fingerprint density at radius 3 is 2.42 bits per heavy atom. The van der Waals surface area contributed by atoms with Crippen LogP contribution < -0.4 is 10.3 Å². The first-order valence-corrected chi connectivity index (χ1v) is 9.00. The Hall–Kier alpha value is -2.37. The lowest BCUT2D eigenvalue weighted by Gasteiger charge is -2.28. The molecule has 0 spiro atoms. The van der Waals surface area contributed by atoms with Gasteiger partial charge in [-0.25, -0.2) is 5.43 Å². The highest BCUT2D eigenvalue weighted by molar-refractivity contribution is 6.30. The number of halogens is 1. The largest absolute Gasteiger partial charge is 0.378 e. The Morgan fingerprint density at radius 2 is 1.77 bits per heavy atom. The molecule has 6 heteroatoms. The molecule has 3 rings (SSSR count). The van der Waals surface area contributed by atoms with E-state index in [0.717, 1.165) is 43.1 Å². The zero-order chi connectivity index (χ0) is 18.4. The van der Waals surface area contributed by atoms with Gasteiger partial charge in [0.2, 0.25) is 5.91 Å². The standard InChI is InChI=1S/C20H22ClN3O2/c1-15(22-23-20(25)14-16-2-6-18(21)7-3-16)17-4-8-19(9-5-17)24-10-12-26-13-11-24/h2-9H,10-14H2,1H3,(H,23,25)/b22-15+. The van der Waals surface area contributed by atoms with Crippen LogP contribution in [0.1, 0.15) is 18.1 Å². The van der Waals surface area contributed by atoms with Crippen molar-refractivity contribution in [1.29, 1.82) is 0 Å². The molecule has 0 aliphatic carbocycles. The lowest BCUT2D eigenvalue weighted by atomic mass is 10.1. The van der Waals surface area contributed by atoms with Crippen molar-refractivity contribution >= 4 is 28.9 Å². The van der Waals surface area contributed by atoms with Gasteiger partial charge < -0.3 is 9.64 Å². The molecule has 1 aliphatic rings. The zero-order valence-electron chi connectivity index (χ0n) is 14.7. The molecule has 2 aromatic carbocycles. The fraction of sp³-hybridized carbons (Fsp3) is 0.300. The third kappa shape index (κ3) is 5.07. The molecule has 1 aliphatic heterocycles. The van der Waals surface area contributed by atoms with Crippen LogP contribution >= 0.6 is 11.6 Å². The van der Waals surface area contributed by atoms with Crippen LogP contribution in [0.15, 0.2) is 53.6 Å². The Kier molecular flexibility index (Phi) is 6.26. The quantitative estimate of drug-likeness (QED) is 0.648. The molecule has 136 valence electrons. The van der Waals surface area contributed by atoms with Gasteiger partial charge in [-0.2, -0.15) is 5.10 Å². The van der Waals surface area contributed by atoms with Crippen molar-refractivity contribution in [2.75, 3.05) is 31.2 Å². The second-order valence-electron chi connectivity index (χ2n) is 6.18. The second kappa shape index (κ2) is 8.83. The SMILES string of the molecule is C/C(=N\NC(=O)Cc1ccc(Cl)cc1)c1ccc(N2CCOCC2)cc1. The Bertz CT molecular complexity index is 767. The molecule has 0 aromatic heterocycles. The molecule has 26 heavy (non-hydrogen) atoms. The average Bonchev–Trinajstić information content (AvgIpc) is 2.69. The van der Waals surface area contributed by atoms with Crippen LogP contribution in [0, 0.1) is 0 Å². The van der Waals surface area contributed by atoms with Crippen LogP contribution in [0.25, 0.3) is 0 Å². The maximum atomic E-state index is 12.0. The summed E-state index contributed by atoms with van der Waals surface area (Å²) in [6.07, 6.45) is 0.268. The number of hydrazone groups is 1. The van der Waals surface area contributed by atoms with Gasteiger partial charge in [0, 0.05) is 23.8 Å². The summed E-state index contributed by atoms with van der Waals surface area (Å²) in [5, 5.41) is 4.86. The third-order valence-corrected chi connectivity index (χ3v) is 4.54. The van der Waals surface area contributed by atoms with E-state index in [1.807, 2.05) is 31.2 Å². The van der Waals surface area contributed by atoms with Gasteiger partial charge in [-0.3, -0.25) is 4.79 Å². The first-order chi connectivity index (χ1) is 12.6. The summed E-state index contributed by atoms with van der Waals surface area (Å²) in [6, 6.07) is 15.4. The summed E-state index contributed by atoms with van der Waals surface area (Å²) in [7, 11) is 0. The molecule has 5 nitrogen and oxygen atoms in total. The van der Waals surface area contributed by atoms with Gasteiger partial charge in [0.1, 0.15) is 0 Å². The normalized spacial score (nSPS) is 15.0. The van der Waals surface area contributed by atoms with Crippen LogP contribution in [0.2, 0.25) is 5.02 Å². The van der Waals surface area contributed by atoms with Crippen molar-refractivity contribution in [2.45, 2.75) is 13.3 Å². The first-order valence-electron chi connectivity index (χ1n) is 8.62. The molecule has 0 bridgehead atoms. The smallest absolute Gasteiger partial charge is 0.244 e. The van der Waals surface area contributed by atoms with Gasteiger partial charge in [0.05, 0.1) is 25.3 Å². The number of carbonyl (C=O) groups is 1. The van der Waals surface area contributed by atoms with E-state index in [-0.39, 0.29) is 12.3 Å². The number of hydrogen-bond donors (Lipinski definition) is 1. The first kappa shape index (κ1) is 18.4. The summed E-state index contributed by atoms with van der Waals surface area (Å²) < 4.78 is 5.38. The third-order valence-electron chi connectivity index (χ3n) is 4.29. The summed E-state index contributed by atoms with van der Waals surface area (Å²) in [6.45, 7) is 5.23. The maximum Gasteiger partial charge on any atom is 0.244 e. The van der Waals surface area contributed by atoms with Crippen molar-refractivity contribution < 1.29 is 9.53 Å². The van der Waals surface area contributed by atoms with Crippen molar-refractivity contribution in [3.8, 4) is 0 Å².